The van der Waals surface area contributed by atoms with E-state index >= 15 is 0 Å². The summed E-state index contributed by atoms with van der Waals surface area (Å²) in [6.07, 6.45) is -0.336. The smallest absolute Gasteiger partial charge is 0.159 e. The molecular formula is C57H34N4O2S. The second-order valence-corrected chi connectivity index (χ2v) is 17.6. The van der Waals surface area contributed by atoms with Crippen LogP contribution in [0.15, 0.2) is 213 Å². The Morgan fingerprint density at radius 3 is 2.02 bits per heavy atom. The van der Waals surface area contributed by atoms with Crippen molar-refractivity contribution in [3.05, 3.63) is 211 Å². The van der Waals surface area contributed by atoms with Gasteiger partial charge in [-0.25, -0.2) is 9.98 Å². The Labute approximate surface area is 369 Å². The summed E-state index contributed by atoms with van der Waals surface area (Å²) >= 11 is 1.84. The first kappa shape index (κ1) is 35.3. The molecule has 6 nitrogen and oxygen atoms in total. The van der Waals surface area contributed by atoms with Crippen LogP contribution in [-0.2, 0) is 0 Å². The fourth-order valence-corrected chi connectivity index (χ4v) is 11.1. The lowest BCUT2D eigenvalue weighted by molar-refractivity contribution is 0.667. The first-order valence-corrected chi connectivity index (χ1v) is 22.3. The first-order chi connectivity index (χ1) is 31.7. The van der Waals surface area contributed by atoms with Crippen LogP contribution in [0.25, 0.3) is 103 Å². The van der Waals surface area contributed by atoms with Crippen LogP contribution in [0.1, 0.15) is 22.9 Å². The van der Waals surface area contributed by atoms with Crippen molar-refractivity contribution in [2.75, 3.05) is 0 Å². The third-order valence-corrected chi connectivity index (χ3v) is 14.0. The molecule has 64 heavy (non-hydrogen) atoms. The van der Waals surface area contributed by atoms with E-state index in [2.05, 4.69) is 168 Å². The molecule has 1 atom stereocenters. The number of thiophene rings is 1. The predicted octanol–water partition coefficient (Wildman–Crippen LogP) is 15.1. The van der Waals surface area contributed by atoms with E-state index < -0.39 is 0 Å². The highest BCUT2D eigenvalue weighted by Crippen LogP contribution is 2.45. The monoisotopic (exact) mass is 838 g/mol. The first-order valence-electron chi connectivity index (χ1n) is 21.5. The molecule has 0 aliphatic carbocycles. The third kappa shape index (κ3) is 5.31. The molecule has 13 aromatic rings. The number of amidine groups is 2. The summed E-state index contributed by atoms with van der Waals surface area (Å²) in [4.78, 5) is 10.3. The van der Waals surface area contributed by atoms with E-state index in [1.54, 1.807) is 0 Å². The van der Waals surface area contributed by atoms with Crippen LogP contribution >= 0.6 is 11.3 Å². The van der Waals surface area contributed by atoms with E-state index in [4.69, 9.17) is 18.8 Å². The van der Waals surface area contributed by atoms with Gasteiger partial charge >= 0.3 is 0 Å². The highest BCUT2D eigenvalue weighted by atomic mass is 32.1. The Morgan fingerprint density at radius 1 is 0.469 bits per heavy atom. The van der Waals surface area contributed by atoms with Crippen molar-refractivity contribution in [3.8, 4) is 16.8 Å². The molecule has 0 amide bonds. The molecule has 1 unspecified atom stereocenters. The molecule has 5 heterocycles. The molecule has 9 aromatic carbocycles. The fourth-order valence-electron chi connectivity index (χ4n) is 9.93. The number of hydrogen-bond acceptors (Lipinski definition) is 6. The summed E-state index contributed by atoms with van der Waals surface area (Å²) in [5.74, 6) is 1.38. The van der Waals surface area contributed by atoms with Gasteiger partial charge in [0.1, 0.15) is 34.3 Å². The number of hydrogen-bond donors (Lipinski definition) is 1. The van der Waals surface area contributed by atoms with Crippen LogP contribution in [-0.4, -0.2) is 16.2 Å². The standard InChI is InChI=1S/C57H34N4O2S/c1-2-12-33(13-3-1)55-58-56(60-57(59-55)35-24-27-40-39-16-6-9-22-48(39)62-50(40)31-35)34-25-29-49-45(30-34)43-19-10-18-42(54(43)63-49)41-17-11-23-51-53(41)44-28-26-36(32-52(44)64-51)61-46-20-7-4-14-37(46)38-15-5-8-21-47(38)61/h1-32,55H,(H,58,59,60). The minimum atomic E-state index is -0.336. The summed E-state index contributed by atoms with van der Waals surface area (Å²) in [7, 11) is 0. The number of nitrogens with one attached hydrogen (secondary N) is 1. The summed E-state index contributed by atoms with van der Waals surface area (Å²) in [5, 5.41) is 12.9. The molecule has 0 saturated carbocycles. The lowest BCUT2D eigenvalue weighted by Gasteiger charge is -2.23. The van der Waals surface area contributed by atoms with Gasteiger partial charge in [-0.15, -0.1) is 11.3 Å². The Bertz CT molecular complexity index is 4080. The van der Waals surface area contributed by atoms with Gasteiger partial charge in [-0.2, -0.15) is 0 Å². The van der Waals surface area contributed by atoms with E-state index in [-0.39, 0.29) is 6.17 Å². The van der Waals surface area contributed by atoms with Crippen LogP contribution in [0.3, 0.4) is 0 Å². The minimum Gasteiger partial charge on any atom is -0.456 e. The topological polar surface area (TPSA) is 68.0 Å². The maximum Gasteiger partial charge on any atom is 0.159 e. The van der Waals surface area contributed by atoms with Gasteiger partial charge in [0.05, 0.1) is 11.0 Å². The molecule has 0 radical (unpaired) electrons. The highest BCUT2D eigenvalue weighted by molar-refractivity contribution is 7.26. The van der Waals surface area contributed by atoms with Gasteiger partial charge in [-0.1, -0.05) is 127 Å². The van der Waals surface area contributed by atoms with Gasteiger partial charge in [0.25, 0.3) is 0 Å². The molecule has 1 N–H and O–H groups in total. The van der Waals surface area contributed by atoms with E-state index in [9.17, 15) is 0 Å². The van der Waals surface area contributed by atoms with Gasteiger partial charge in [0.2, 0.25) is 0 Å². The lowest BCUT2D eigenvalue weighted by Crippen LogP contribution is -2.33. The Morgan fingerprint density at radius 2 is 1.16 bits per heavy atom. The van der Waals surface area contributed by atoms with Crippen molar-refractivity contribution in [1.82, 2.24) is 9.88 Å². The Hall–Kier alpha value is -8.26. The second kappa shape index (κ2) is 13.6. The molecule has 1 aliphatic heterocycles. The molecule has 14 rings (SSSR count). The van der Waals surface area contributed by atoms with Crippen LogP contribution in [0.2, 0.25) is 0 Å². The molecule has 1 aliphatic rings. The summed E-state index contributed by atoms with van der Waals surface area (Å²) < 4.78 is 18.0. The zero-order chi connectivity index (χ0) is 41.9. The van der Waals surface area contributed by atoms with Crippen LogP contribution in [0.4, 0.5) is 0 Å². The number of furan rings is 2. The largest absolute Gasteiger partial charge is 0.456 e. The highest BCUT2D eigenvalue weighted by Gasteiger charge is 2.24. The zero-order valence-electron chi connectivity index (χ0n) is 34.1. The lowest BCUT2D eigenvalue weighted by atomic mass is 9.97. The van der Waals surface area contributed by atoms with Crippen molar-refractivity contribution < 1.29 is 8.83 Å². The number of benzene rings is 9. The molecule has 4 aromatic heterocycles. The van der Waals surface area contributed by atoms with Crippen molar-refractivity contribution in [1.29, 1.82) is 0 Å². The normalized spacial score (nSPS) is 14.4. The number of aromatic nitrogens is 1. The zero-order valence-corrected chi connectivity index (χ0v) is 34.9. The van der Waals surface area contributed by atoms with Gasteiger partial charge in [0.15, 0.2) is 5.84 Å². The average molecular weight is 839 g/mol. The van der Waals surface area contributed by atoms with E-state index in [0.29, 0.717) is 5.84 Å². The van der Waals surface area contributed by atoms with Gasteiger partial charge in [0, 0.05) is 74.9 Å². The Balaban J connectivity index is 0.880. The van der Waals surface area contributed by atoms with E-state index in [1.165, 1.54) is 42.0 Å². The van der Waals surface area contributed by atoms with Gasteiger partial charge in [-0.3, -0.25) is 0 Å². The molecule has 0 spiro atoms. The maximum atomic E-state index is 6.82. The summed E-state index contributed by atoms with van der Waals surface area (Å²) in [5.41, 5.74) is 12.1. The number of fused-ring (bicyclic) bond motifs is 12. The molecule has 7 heteroatoms. The van der Waals surface area contributed by atoms with Crippen LogP contribution in [0, 0.1) is 0 Å². The second-order valence-electron chi connectivity index (χ2n) is 16.5. The molecular weight excluding hydrogens is 805 g/mol. The molecule has 0 saturated heterocycles. The third-order valence-electron chi connectivity index (χ3n) is 12.9. The molecule has 300 valence electrons. The predicted molar refractivity (Wildman–Crippen MR) is 265 cm³/mol. The SMILES string of the molecule is c1ccc(C2N=C(c3ccc4c(c3)oc3ccccc34)N=C(c3ccc4oc5c(-c6cccc7sc8cc(-n9c%10ccccc%10c%10ccccc%109)ccc8c67)cccc5c4c3)N2)cc1. The minimum absolute atomic E-state index is 0.336. The number of nitrogens with zero attached hydrogens (tertiary/aromatic N) is 3. The fraction of sp³-hybridized carbons (Fsp3) is 0.0175. The number of para-hydroxylation sites is 4. The summed E-state index contributed by atoms with van der Waals surface area (Å²) in [6.45, 7) is 0. The van der Waals surface area contributed by atoms with Gasteiger partial charge in [-0.05, 0) is 77.9 Å². The Kier molecular flexibility index (Phi) is 7.52. The van der Waals surface area contributed by atoms with Crippen LogP contribution in [0.5, 0.6) is 0 Å². The maximum absolute atomic E-state index is 6.82. The van der Waals surface area contributed by atoms with Gasteiger partial charge < -0.3 is 18.7 Å². The molecule has 0 fully saturated rings. The van der Waals surface area contributed by atoms with Crippen LogP contribution < -0.4 is 5.32 Å². The van der Waals surface area contributed by atoms with Crippen molar-refractivity contribution in [2.24, 2.45) is 9.98 Å². The number of aliphatic imine (C=N–C) groups is 2. The molecule has 0 bridgehead atoms. The van der Waals surface area contributed by atoms with Crippen molar-refractivity contribution >= 4 is 109 Å². The summed E-state index contributed by atoms with van der Waals surface area (Å²) in [6, 6.07) is 68.5. The van der Waals surface area contributed by atoms with E-state index in [0.717, 1.165) is 83.2 Å². The van der Waals surface area contributed by atoms with Crippen molar-refractivity contribution in [3.63, 3.8) is 0 Å². The number of rotatable bonds is 5. The van der Waals surface area contributed by atoms with E-state index in [1.807, 2.05) is 47.7 Å². The average Bonchev–Trinajstić information content (AvgIpc) is 4.12. The quantitative estimate of drug-likeness (QED) is 0.188. The van der Waals surface area contributed by atoms with Crippen molar-refractivity contribution in [2.45, 2.75) is 6.17 Å².